The van der Waals surface area contributed by atoms with Crippen molar-refractivity contribution in [3.63, 3.8) is 0 Å². The first-order chi connectivity index (χ1) is 14.0. The van der Waals surface area contributed by atoms with Crippen LogP contribution in [0.4, 0.5) is 5.69 Å². The van der Waals surface area contributed by atoms with E-state index in [2.05, 4.69) is 34.6 Å². The summed E-state index contributed by atoms with van der Waals surface area (Å²) in [5, 5.41) is 13.8. The summed E-state index contributed by atoms with van der Waals surface area (Å²) in [6, 6.07) is 15.7. The molecule has 0 fully saturated rings. The van der Waals surface area contributed by atoms with E-state index in [0.29, 0.717) is 22.3 Å². The predicted molar refractivity (Wildman–Crippen MR) is 120 cm³/mol. The van der Waals surface area contributed by atoms with Gasteiger partial charge in [-0.1, -0.05) is 54.6 Å². The van der Waals surface area contributed by atoms with Gasteiger partial charge in [-0.05, 0) is 55.7 Å². The number of nitrogens with zero attached hydrogens (tertiary/aromatic N) is 3. The Morgan fingerprint density at radius 3 is 2.69 bits per heavy atom. The lowest BCUT2D eigenvalue weighted by Crippen LogP contribution is -2.24. The Labute approximate surface area is 178 Å². The molecule has 0 bridgehead atoms. The maximum atomic E-state index is 12.9. The summed E-state index contributed by atoms with van der Waals surface area (Å²) in [6.45, 7) is 5.99. The first-order valence-electron chi connectivity index (χ1n) is 9.45. The fourth-order valence-corrected chi connectivity index (χ4v) is 4.45. The van der Waals surface area contributed by atoms with Crippen LogP contribution in [-0.4, -0.2) is 25.8 Å². The SMILES string of the molecule is CCC(Sc1nnc2cc(C)c3ccccc3n12)C(=O)Nc1ccc(C)c(Cl)c1. The molecular weight excluding hydrogens is 404 g/mol. The Bertz CT molecular complexity index is 1220. The number of benzene rings is 2. The van der Waals surface area contributed by atoms with Crippen molar-refractivity contribution in [2.75, 3.05) is 5.32 Å². The van der Waals surface area contributed by atoms with Crippen LogP contribution in [0.1, 0.15) is 24.5 Å². The Hall–Kier alpha value is -2.57. The summed E-state index contributed by atoms with van der Waals surface area (Å²) >= 11 is 7.61. The largest absolute Gasteiger partial charge is 0.325 e. The van der Waals surface area contributed by atoms with Crippen LogP contribution in [-0.2, 0) is 4.79 Å². The van der Waals surface area contributed by atoms with Gasteiger partial charge in [0.05, 0.1) is 10.8 Å². The Kier molecular flexibility index (Phi) is 5.48. The van der Waals surface area contributed by atoms with Crippen LogP contribution in [0.3, 0.4) is 0 Å². The molecule has 0 aliphatic heterocycles. The summed E-state index contributed by atoms with van der Waals surface area (Å²) in [5.41, 5.74) is 4.64. The average molecular weight is 425 g/mol. The van der Waals surface area contributed by atoms with Crippen LogP contribution >= 0.6 is 23.4 Å². The van der Waals surface area contributed by atoms with E-state index in [0.717, 1.165) is 27.7 Å². The number of anilines is 1. The summed E-state index contributed by atoms with van der Waals surface area (Å²) in [7, 11) is 0. The number of hydrogen-bond donors (Lipinski definition) is 1. The van der Waals surface area contributed by atoms with Gasteiger partial charge in [0.1, 0.15) is 0 Å². The van der Waals surface area contributed by atoms with Crippen molar-refractivity contribution >= 4 is 51.5 Å². The highest BCUT2D eigenvalue weighted by Gasteiger charge is 2.22. The molecule has 0 radical (unpaired) electrons. The van der Waals surface area contributed by atoms with Crippen molar-refractivity contribution in [3.8, 4) is 0 Å². The van der Waals surface area contributed by atoms with Gasteiger partial charge in [-0.2, -0.15) is 0 Å². The normalized spacial score (nSPS) is 12.4. The van der Waals surface area contributed by atoms with Crippen LogP contribution < -0.4 is 5.32 Å². The van der Waals surface area contributed by atoms with Gasteiger partial charge >= 0.3 is 0 Å². The number of halogens is 1. The Morgan fingerprint density at radius 1 is 1.14 bits per heavy atom. The maximum Gasteiger partial charge on any atom is 0.237 e. The molecule has 1 atom stereocenters. The topological polar surface area (TPSA) is 59.3 Å². The van der Waals surface area contributed by atoms with Gasteiger partial charge in [0.2, 0.25) is 5.91 Å². The van der Waals surface area contributed by atoms with Crippen LogP contribution in [0.25, 0.3) is 16.6 Å². The molecule has 0 saturated heterocycles. The molecule has 0 saturated carbocycles. The molecule has 7 heteroatoms. The van der Waals surface area contributed by atoms with Crippen LogP contribution in [0, 0.1) is 13.8 Å². The van der Waals surface area contributed by atoms with Crippen molar-refractivity contribution in [1.29, 1.82) is 0 Å². The standard InChI is InChI=1S/C22H21ClN4OS/c1-4-19(21(28)24-15-10-9-13(2)17(23)12-15)29-22-26-25-20-11-14(3)16-7-5-6-8-18(16)27(20)22/h5-12,19H,4H2,1-3H3,(H,24,28). The second-order valence-corrected chi connectivity index (χ2v) is 8.57. The van der Waals surface area contributed by atoms with E-state index in [-0.39, 0.29) is 11.2 Å². The van der Waals surface area contributed by atoms with Crippen molar-refractivity contribution in [3.05, 3.63) is 64.7 Å². The van der Waals surface area contributed by atoms with E-state index in [1.54, 1.807) is 6.07 Å². The molecule has 1 N–H and O–H groups in total. The molecule has 0 spiro atoms. The van der Waals surface area contributed by atoms with Gasteiger partial charge in [0.25, 0.3) is 0 Å². The number of carbonyl (C=O) groups is 1. The van der Waals surface area contributed by atoms with Gasteiger partial charge in [0.15, 0.2) is 10.8 Å². The van der Waals surface area contributed by atoms with Gasteiger partial charge in [-0.25, -0.2) is 0 Å². The van der Waals surface area contributed by atoms with Crippen molar-refractivity contribution < 1.29 is 4.79 Å². The maximum absolute atomic E-state index is 12.9. The van der Waals surface area contributed by atoms with E-state index in [4.69, 9.17) is 11.6 Å². The molecule has 2 aromatic heterocycles. The van der Waals surface area contributed by atoms with E-state index < -0.39 is 0 Å². The molecule has 4 aromatic rings. The smallest absolute Gasteiger partial charge is 0.237 e. The minimum atomic E-state index is -0.303. The molecule has 2 aromatic carbocycles. The summed E-state index contributed by atoms with van der Waals surface area (Å²) in [4.78, 5) is 12.9. The summed E-state index contributed by atoms with van der Waals surface area (Å²) in [5.74, 6) is -0.0782. The van der Waals surface area contributed by atoms with E-state index in [1.807, 2.05) is 48.6 Å². The van der Waals surface area contributed by atoms with Gasteiger partial charge in [-0.15, -0.1) is 10.2 Å². The lowest BCUT2D eigenvalue weighted by molar-refractivity contribution is -0.115. The molecule has 1 unspecified atom stereocenters. The minimum absolute atomic E-state index is 0.0782. The predicted octanol–water partition coefficient (Wildman–Crippen LogP) is 5.66. The van der Waals surface area contributed by atoms with Crippen LogP contribution in [0.2, 0.25) is 5.02 Å². The number of amides is 1. The fraction of sp³-hybridized carbons (Fsp3) is 0.227. The average Bonchev–Trinajstić information content (AvgIpc) is 3.11. The highest BCUT2D eigenvalue weighted by atomic mass is 35.5. The number of hydrogen-bond acceptors (Lipinski definition) is 4. The second kappa shape index (κ2) is 8.05. The Balaban J connectivity index is 1.64. The summed E-state index contributed by atoms with van der Waals surface area (Å²) in [6.07, 6.45) is 0.662. The molecule has 0 aliphatic carbocycles. The van der Waals surface area contributed by atoms with E-state index in [1.165, 1.54) is 11.8 Å². The van der Waals surface area contributed by atoms with Crippen molar-refractivity contribution in [2.24, 2.45) is 0 Å². The molecule has 1 amide bonds. The zero-order chi connectivity index (χ0) is 20.5. The number of aryl methyl sites for hydroxylation is 2. The molecule has 2 heterocycles. The molecule has 5 nitrogen and oxygen atoms in total. The lowest BCUT2D eigenvalue weighted by Gasteiger charge is -2.15. The third-order valence-corrected chi connectivity index (χ3v) is 6.64. The van der Waals surface area contributed by atoms with Crippen LogP contribution in [0.5, 0.6) is 0 Å². The first-order valence-corrected chi connectivity index (χ1v) is 10.7. The van der Waals surface area contributed by atoms with E-state index in [9.17, 15) is 4.79 Å². The van der Waals surface area contributed by atoms with E-state index >= 15 is 0 Å². The third kappa shape index (κ3) is 3.82. The number of nitrogens with one attached hydrogen (secondary N) is 1. The zero-order valence-corrected chi connectivity index (χ0v) is 18.0. The number of rotatable bonds is 5. The van der Waals surface area contributed by atoms with Crippen molar-refractivity contribution in [1.82, 2.24) is 14.6 Å². The number of fused-ring (bicyclic) bond motifs is 3. The Morgan fingerprint density at radius 2 is 1.93 bits per heavy atom. The molecule has 4 rings (SSSR count). The van der Waals surface area contributed by atoms with Crippen LogP contribution in [0.15, 0.2) is 53.7 Å². The highest BCUT2D eigenvalue weighted by Crippen LogP contribution is 2.30. The monoisotopic (exact) mass is 424 g/mol. The number of para-hydroxylation sites is 1. The molecule has 0 aliphatic rings. The molecule has 148 valence electrons. The number of carbonyl (C=O) groups excluding carboxylic acids is 1. The third-order valence-electron chi connectivity index (χ3n) is 4.92. The molecule has 29 heavy (non-hydrogen) atoms. The number of aromatic nitrogens is 3. The van der Waals surface area contributed by atoms with Crippen molar-refractivity contribution in [2.45, 2.75) is 37.6 Å². The minimum Gasteiger partial charge on any atom is -0.325 e. The lowest BCUT2D eigenvalue weighted by atomic mass is 10.1. The van der Waals surface area contributed by atoms with Gasteiger partial charge < -0.3 is 5.32 Å². The van der Waals surface area contributed by atoms with Gasteiger partial charge in [-0.3, -0.25) is 9.20 Å². The molecular formula is C22H21ClN4OS. The first kappa shape index (κ1) is 19.7. The number of pyridine rings is 1. The number of thioether (sulfide) groups is 1. The van der Waals surface area contributed by atoms with Gasteiger partial charge in [0, 0.05) is 16.1 Å². The highest BCUT2D eigenvalue weighted by molar-refractivity contribution is 8.00. The second-order valence-electron chi connectivity index (χ2n) is 6.99. The summed E-state index contributed by atoms with van der Waals surface area (Å²) < 4.78 is 2.02. The fourth-order valence-electron chi connectivity index (χ4n) is 3.29. The quantitative estimate of drug-likeness (QED) is 0.420. The zero-order valence-electron chi connectivity index (χ0n) is 16.4.